The Morgan fingerprint density at radius 2 is 1.71 bits per heavy atom. The Bertz CT molecular complexity index is 686. The number of hydrogen-bond acceptors (Lipinski definition) is 3. The van der Waals surface area contributed by atoms with Crippen molar-refractivity contribution in [1.29, 1.82) is 0 Å². The number of fused-ring (bicyclic) bond motifs is 5. The highest BCUT2D eigenvalue weighted by molar-refractivity contribution is 5.07. The summed E-state index contributed by atoms with van der Waals surface area (Å²) in [5.74, 6) is 5.96. The smallest absolute Gasteiger partial charge is 0.0693 e. The zero-order valence-electron chi connectivity index (χ0n) is 18.1. The molecular formula is C24H39N3O. The normalized spacial score (nSPS) is 49.1. The summed E-state index contributed by atoms with van der Waals surface area (Å²) in [4.78, 5) is 1.89. The van der Waals surface area contributed by atoms with E-state index in [0.717, 1.165) is 54.9 Å². The van der Waals surface area contributed by atoms with E-state index in [0.29, 0.717) is 11.3 Å². The Morgan fingerprint density at radius 3 is 2.50 bits per heavy atom. The average Bonchev–Trinajstić information content (AvgIpc) is 3.27. The maximum absolute atomic E-state index is 10.6. The van der Waals surface area contributed by atoms with Gasteiger partial charge in [0.1, 0.15) is 0 Å². The molecule has 4 heteroatoms. The van der Waals surface area contributed by atoms with Crippen LogP contribution in [-0.2, 0) is 6.54 Å². The van der Waals surface area contributed by atoms with Crippen LogP contribution in [0, 0.1) is 46.8 Å². The molecule has 0 aromatic carbocycles. The van der Waals surface area contributed by atoms with E-state index < -0.39 is 5.60 Å². The van der Waals surface area contributed by atoms with E-state index in [1.54, 1.807) is 12.4 Å². The van der Waals surface area contributed by atoms with Gasteiger partial charge in [-0.2, -0.15) is 15.0 Å². The molecule has 4 saturated carbocycles. The predicted octanol–water partition coefficient (Wildman–Crippen LogP) is 4.93. The van der Waals surface area contributed by atoms with Gasteiger partial charge in [-0.3, -0.25) is 0 Å². The summed E-state index contributed by atoms with van der Waals surface area (Å²) in [6.07, 6.45) is 15.4. The van der Waals surface area contributed by atoms with Crippen molar-refractivity contribution in [3.05, 3.63) is 12.4 Å². The fourth-order valence-corrected chi connectivity index (χ4v) is 8.78. The molecule has 1 heterocycles. The summed E-state index contributed by atoms with van der Waals surface area (Å²) >= 11 is 0. The lowest BCUT2D eigenvalue weighted by molar-refractivity contribution is -0.103. The second-order valence-corrected chi connectivity index (χ2v) is 11.5. The summed E-state index contributed by atoms with van der Waals surface area (Å²) < 4.78 is 0. The minimum Gasteiger partial charge on any atom is -0.390 e. The predicted molar refractivity (Wildman–Crippen MR) is 110 cm³/mol. The Balaban J connectivity index is 1.31. The maximum Gasteiger partial charge on any atom is 0.0693 e. The number of nitrogens with zero attached hydrogens (tertiary/aromatic N) is 3. The van der Waals surface area contributed by atoms with Crippen molar-refractivity contribution in [3.63, 3.8) is 0 Å². The van der Waals surface area contributed by atoms with Gasteiger partial charge in [0, 0.05) is 0 Å². The Labute approximate surface area is 170 Å². The van der Waals surface area contributed by atoms with Crippen LogP contribution in [0.1, 0.15) is 78.6 Å². The first-order valence-electron chi connectivity index (χ1n) is 11.9. The molecule has 0 amide bonds. The van der Waals surface area contributed by atoms with Crippen LogP contribution in [0.3, 0.4) is 0 Å². The van der Waals surface area contributed by atoms with Crippen LogP contribution in [0.25, 0.3) is 0 Å². The zero-order valence-corrected chi connectivity index (χ0v) is 18.1. The molecule has 9 atom stereocenters. The van der Waals surface area contributed by atoms with E-state index in [-0.39, 0.29) is 0 Å². The molecule has 2 unspecified atom stereocenters. The van der Waals surface area contributed by atoms with E-state index >= 15 is 0 Å². The molecule has 0 spiro atoms. The standard InChI is InChI=1S/C24H39N3O/c1-16(15-27-25-12-13-26-27)21-6-7-22-20-5-4-17-14-23(2,28)10-8-18(17)19(20)9-11-24(21,22)3/h12-13,16-22,28H,4-11,14-15H2,1-3H3/t16?,17-,18-,19+,20+,21?,22-,23+,24+/m0/s1. The Hall–Kier alpha value is -0.900. The van der Waals surface area contributed by atoms with Crippen LogP contribution >= 0.6 is 0 Å². The molecule has 0 bridgehead atoms. The van der Waals surface area contributed by atoms with E-state index in [9.17, 15) is 5.11 Å². The Morgan fingerprint density at radius 1 is 0.964 bits per heavy atom. The largest absolute Gasteiger partial charge is 0.390 e. The SMILES string of the molecule is CC(Cn1nccn1)C1CC[C@H]2[C@@H]3CC[C@H]4C[C@](C)(O)CC[C@@H]4[C@H]3CC[C@]12C. The van der Waals surface area contributed by atoms with Crippen molar-refractivity contribution in [2.75, 3.05) is 0 Å². The molecule has 0 saturated heterocycles. The third-order valence-electron chi connectivity index (χ3n) is 9.92. The van der Waals surface area contributed by atoms with Gasteiger partial charge in [0.15, 0.2) is 0 Å². The third kappa shape index (κ3) is 3.05. The van der Waals surface area contributed by atoms with E-state index in [2.05, 4.69) is 31.0 Å². The monoisotopic (exact) mass is 385 g/mol. The van der Waals surface area contributed by atoms with E-state index in [1.807, 2.05) is 4.80 Å². The molecule has 1 aromatic heterocycles. The number of hydrogen-bond donors (Lipinski definition) is 1. The lowest BCUT2D eigenvalue weighted by atomic mass is 9.48. The van der Waals surface area contributed by atoms with Gasteiger partial charge in [0.05, 0.1) is 24.5 Å². The highest BCUT2D eigenvalue weighted by Gasteiger charge is 2.58. The van der Waals surface area contributed by atoms with E-state index in [4.69, 9.17) is 0 Å². The van der Waals surface area contributed by atoms with Crippen molar-refractivity contribution in [3.8, 4) is 0 Å². The zero-order chi connectivity index (χ0) is 19.5. The van der Waals surface area contributed by atoms with Crippen molar-refractivity contribution < 1.29 is 5.11 Å². The molecule has 4 aliphatic rings. The lowest BCUT2D eigenvalue weighted by Gasteiger charge is -2.57. The van der Waals surface area contributed by atoms with Gasteiger partial charge < -0.3 is 5.11 Å². The van der Waals surface area contributed by atoms with Crippen LogP contribution in [-0.4, -0.2) is 25.7 Å². The molecule has 5 rings (SSSR count). The second kappa shape index (κ2) is 6.82. The van der Waals surface area contributed by atoms with Crippen LogP contribution in [0.5, 0.6) is 0 Å². The van der Waals surface area contributed by atoms with Gasteiger partial charge in [-0.1, -0.05) is 13.8 Å². The summed E-state index contributed by atoms with van der Waals surface area (Å²) in [5, 5.41) is 19.3. The van der Waals surface area contributed by atoms with Gasteiger partial charge in [-0.25, -0.2) is 0 Å². The fourth-order valence-electron chi connectivity index (χ4n) is 8.78. The fraction of sp³-hybridized carbons (Fsp3) is 0.917. The van der Waals surface area contributed by atoms with E-state index in [1.165, 1.54) is 44.9 Å². The molecule has 1 N–H and O–H groups in total. The topological polar surface area (TPSA) is 50.9 Å². The third-order valence-corrected chi connectivity index (χ3v) is 9.92. The molecule has 4 aliphatic carbocycles. The van der Waals surface area contributed by atoms with Gasteiger partial charge >= 0.3 is 0 Å². The number of aliphatic hydroxyl groups is 1. The van der Waals surface area contributed by atoms with Gasteiger partial charge in [0.2, 0.25) is 0 Å². The average molecular weight is 386 g/mol. The van der Waals surface area contributed by atoms with Crippen LogP contribution in [0.4, 0.5) is 0 Å². The van der Waals surface area contributed by atoms with Crippen LogP contribution in [0.15, 0.2) is 12.4 Å². The molecule has 4 nitrogen and oxygen atoms in total. The van der Waals surface area contributed by atoms with Gasteiger partial charge in [0.25, 0.3) is 0 Å². The van der Waals surface area contributed by atoms with Crippen LogP contribution in [0.2, 0.25) is 0 Å². The van der Waals surface area contributed by atoms with Crippen molar-refractivity contribution in [1.82, 2.24) is 15.0 Å². The maximum atomic E-state index is 10.6. The summed E-state index contributed by atoms with van der Waals surface area (Å²) in [6.45, 7) is 8.11. The van der Waals surface area contributed by atoms with Crippen molar-refractivity contribution in [2.24, 2.45) is 46.8 Å². The van der Waals surface area contributed by atoms with Gasteiger partial charge in [-0.15, -0.1) is 0 Å². The molecule has 0 aliphatic heterocycles. The quantitative estimate of drug-likeness (QED) is 0.802. The highest BCUT2D eigenvalue weighted by atomic mass is 16.3. The molecule has 1 aromatic rings. The summed E-state index contributed by atoms with van der Waals surface area (Å²) in [5.41, 5.74) is 0.117. The first-order chi connectivity index (χ1) is 13.4. The second-order valence-electron chi connectivity index (χ2n) is 11.5. The highest BCUT2D eigenvalue weighted by Crippen LogP contribution is 2.65. The summed E-state index contributed by atoms with van der Waals surface area (Å²) in [6, 6.07) is 0. The number of rotatable bonds is 3. The molecule has 156 valence electrons. The first-order valence-corrected chi connectivity index (χ1v) is 11.9. The van der Waals surface area contributed by atoms with Crippen molar-refractivity contribution >= 4 is 0 Å². The lowest BCUT2D eigenvalue weighted by Crippen LogP contribution is -2.51. The summed E-state index contributed by atoms with van der Waals surface area (Å²) in [7, 11) is 0. The molecule has 0 radical (unpaired) electrons. The minimum absolute atomic E-state index is 0.397. The minimum atomic E-state index is -0.397. The first kappa shape index (κ1) is 19.1. The molecule has 4 fully saturated rings. The Kier molecular flexibility index (Phi) is 4.65. The van der Waals surface area contributed by atoms with Crippen LogP contribution < -0.4 is 0 Å². The molecular weight excluding hydrogens is 346 g/mol. The van der Waals surface area contributed by atoms with Crippen molar-refractivity contribution in [2.45, 2.75) is 90.7 Å². The molecule has 28 heavy (non-hydrogen) atoms. The van der Waals surface area contributed by atoms with Gasteiger partial charge in [-0.05, 0) is 112 Å². The number of aromatic nitrogens is 3.